The summed E-state index contributed by atoms with van der Waals surface area (Å²) in [5.41, 5.74) is 0.0143. The molecule has 0 aliphatic carbocycles. The summed E-state index contributed by atoms with van der Waals surface area (Å²) in [6.07, 6.45) is 0. The number of benzene rings is 2. The average molecular weight is 318 g/mol. The van der Waals surface area contributed by atoms with Crippen LogP contribution in [0.2, 0.25) is 0 Å². The van der Waals surface area contributed by atoms with Crippen molar-refractivity contribution in [2.24, 2.45) is 0 Å². The smallest absolute Gasteiger partial charge is 0.319 e. The fraction of sp³-hybridized carbons (Fsp3) is 0.235. The molecule has 0 unspecified atom stereocenters. The van der Waals surface area contributed by atoms with E-state index in [0.29, 0.717) is 11.5 Å². The van der Waals surface area contributed by atoms with Gasteiger partial charge in [-0.15, -0.1) is 0 Å². The molecule has 0 bridgehead atoms. The fourth-order valence-electron chi connectivity index (χ4n) is 1.91. The molecule has 0 saturated heterocycles. The monoisotopic (exact) mass is 318 g/mol. The molecule has 2 amide bonds. The molecular weight excluding hydrogens is 299 g/mol. The first kappa shape index (κ1) is 16.6. The maximum Gasteiger partial charge on any atom is 0.319 e. The Labute approximate surface area is 134 Å². The minimum Gasteiger partial charge on any atom is -0.493 e. The van der Waals surface area contributed by atoms with Gasteiger partial charge < -0.3 is 20.1 Å². The third-order valence-corrected chi connectivity index (χ3v) is 2.89. The zero-order valence-electron chi connectivity index (χ0n) is 13.2. The molecule has 0 spiro atoms. The Morgan fingerprint density at radius 1 is 1.13 bits per heavy atom. The van der Waals surface area contributed by atoms with Gasteiger partial charge in [0.25, 0.3) is 0 Å². The number of anilines is 1. The number of rotatable bonds is 5. The van der Waals surface area contributed by atoms with Crippen LogP contribution in [0.15, 0.2) is 42.5 Å². The van der Waals surface area contributed by atoms with Crippen LogP contribution in [0.25, 0.3) is 0 Å². The lowest BCUT2D eigenvalue weighted by atomic mass is 10.2. The minimum absolute atomic E-state index is 0.0143. The first-order valence-electron chi connectivity index (χ1n) is 7.17. The third-order valence-electron chi connectivity index (χ3n) is 2.89. The van der Waals surface area contributed by atoms with Crippen molar-refractivity contribution in [2.75, 3.05) is 12.4 Å². The molecule has 0 aromatic heterocycles. The maximum absolute atomic E-state index is 14.2. The van der Waals surface area contributed by atoms with Crippen LogP contribution in [0.4, 0.5) is 14.9 Å². The zero-order chi connectivity index (χ0) is 16.8. The Morgan fingerprint density at radius 2 is 1.83 bits per heavy atom. The molecule has 2 aromatic carbocycles. The molecule has 0 radical (unpaired) electrons. The average Bonchev–Trinajstić information content (AvgIpc) is 2.50. The van der Waals surface area contributed by atoms with E-state index >= 15 is 0 Å². The van der Waals surface area contributed by atoms with Gasteiger partial charge in [-0.1, -0.05) is 18.2 Å². The lowest BCUT2D eigenvalue weighted by molar-refractivity contribution is 0.250. The predicted molar refractivity (Wildman–Crippen MR) is 86.8 cm³/mol. The minimum atomic E-state index is -0.615. The van der Waals surface area contributed by atoms with Gasteiger partial charge in [0.15, 0.2) is 17.3 Å². The van der Waals surface area contributed by atoms with Crippen molar-refractivity contribution in [3.8, 4) is 17.2 Å². The maximum atomic E-state index is 14.2. The molecular formula is C17H19FN2O3. The van der Waals surface area contributed by atoms with Crippen molar-refractivity contribution < 1.29 is 18.7 Å². The van der Waals surface area contributed by atoms with Gasteiger partial charge in [0.2, 0.25) is 0 Å². The molecule has 6 heteroatoms. The Balaban J connectivity index is 2.22. The second-order valence-corrected chi connectivity index (χ2v) is 5.15. The van der Waals surface area contributed by atoms with E-state index < -0.39 is 11.8 Å². The van der Waals surface area contributed by atoms with Crippen molar-refractivity contribution in [1.82, 2.24) is 5.32 Å². The molecule has 122 valence electrons. The van der Waals surface area contributed by atoms with E-state index in [1.165, 1.54) is 19.2 Å². The van der Waals surface area contributed by atoms with Crippen LogP contribution in [0.5, 0.6) is 17.2 Å². The molecule has 23 heavy (non-hydrogen) atoms. The van der Waals surface area contributed by atoms with E-state index in [0.717, 1.165) is 0 Å². The van der Waals surface area contributed by atoms with Crippen LogP contribution in [-0.2, 0) is 0 Å². The summed E-state index contributed by atoms with van der Waals surface area (Å²) in [6.45, 7) is 3.63. The summed E-state index contributed by atoms with van der Waals surface area (Å²) < 4.78 is 25.0. The second-order valence-electron chi connectivity index (χ2n) is 5.15. The Bertz CT molecular complexity index is 675. The van der Waals surface area contributed by atoms with Crippen LogP contribution in [-0.4, -0.2) is 19.2 Å². The number of amides is 2. The highest BCUT2D eigenvalue weighted by molar-refractivity contribution is 5.90. The molecule has 2 rings (SSSR count). The van der Waals surface area contributed by atoms with Crippen LogP contribution in [0.3, 0.4) is 0 Å². The van der Waals surface area contributed by atoms with Crippen molar-refractivity contribution in [2.45, 2.75) is 19.9 Å². The number of methoxy groups -OCH3 is 1. The first-order valence-corrected chi connectivity index (χ1v) is 7.17. The highest BCUT2D eigenvalue weighted by Gasteiger charge is 2.15. The summed E-state index contributed by atoms with van der Waals surface area (Å²) in [5, 5.41) is 5.07. The number of hydrogen-bond acceptors (Lipinski definition) is 3. The number of urea groups is 1. The van der Waals surface area contributed by atoms with E-state index in [9.17, 15) is 9.18 Å². The number of carbonyl (C=O) groups excluding carboxylic acids is 1. The fourth-order valence-corrected chi connectivity index (χ4v) is 1.91. The van der Waals surface area contributed by atoms with E-state index in [-0.39, 0.29) is 17.5 Å². The van der Waals surface area contributed by atoms with Crippen molar-refractivity contribution in [3.05, 3.63) is 48.3 Å². The Hall–Kier alpha value is -2.76. The van der Waals surface area contributed by atoms with Crippen molar-refractivity contribution >= 4 is 11.7 Å². The normalized spacial score (nSPS) is 10.3. The van der Waals surface area contributed by atoms with Crippen molar-refractivity contribution in [1.29, 1.82) is 0 Å². The summed E-state index contributed by atoms with van der Waals surface area (Å²) >= 11 is 0. The molecule has 0 heterocycles. The summed E-state index contributed by atoms with van der Waals surface area (Å²) in [4.78, 5) is 11.7. The number of para-hydroxylation sites is 1. The van der Waals surface area contributed by atoms with E-state index in [4.69, 9.17) is 9.47 Å². The van der Waals surface area contributed by atoms with Gasteiger partial charge in [-0.25, -0.2) is 9.18 Å². The topological polar surface area (TPSA) is 59.6 Å². The Morgan fingerprint density at radius 3 is 2.43 bits per heavy atom. The number of carbonyl (C=O) groups is 1. The highest BCUT2D eigenvalue weighted by Crippen LogP contribution is 2.35. The van der Waals surface area contributed by atoms with Crippen LogP contribution in [0.1, 0.15) is 13.8 Å². The second kappa shape index (κ2) is 7.49. The van der Waals surface area contributed by atoms with Crippen molar-refractivity contribution in [3.63, 3.8) is 0 Å². The zero-order valence-corrected chi connectivity index (χ0v) is 13.2. The molecule has 0 saturated carbocycles. The van der Waals surface area contributed by atoms with Crippen LogP contribution in [0, 0.1) is 5.82 Å². The van der Waals surface area contributed by atoms with E-state index in [2.05, 4.69) is 10.6 Å². The van der Waals surface area contributed by atoms with Gasteiger partial charge in [0.05, 0.1) is 12.8 Å². The summed E-state index contributed by atoms with van der Waals surface area (Å²) in [5.74, 6) is 0.486. The number of halogens is 1. The predicted octanol–water partition coefficient (Wildman–Crippen LogP) is 4.16. The van der Waals surface area contributed by atoms with Crippen LogP contribution >= 0.6 is 0 Å². The number of hydrogen-bond donors (Lipinski definition) is 2. The van der Waals surface area contributed by atoms with Gasteiger partial charge in [-0.2, -0.15) is 0 Å². The molecule has 0 fully saturated rings. The molecule has 0 aliphatic heterocycles. The lowest BCUT2D eigenvalue weighted by Gasteiger charge is -2.14. The summed E-state index contributed by atoms with van der Waals surface area (Å²) in [6, 6.07) is 11.0. The lowest BCUT2D eigenvalue weighted by Crippen LogP contribution is -2.34. The number of ether oxygens (including phenoxy) is 2. The van der Waals surface area contributed by atoms with E-state index in [1.807, 2.05) is 32.0 Å². The SMILES string of the molecule is COc1cc(NC(=O)NC(C)C)c(F)cc1Oc1ccccc1. The van der Waals surface area contributed by atoms with Gasteiger partial charge in [-0.05, 0) is 26.0 Å². The third kappa shape index (κ3) is 4.60. The van der Waals surface area contributed by atoms with Gasteiger partial charge in [0, 0.05) is 18.2 Å². The van der Waals surface area contributed by atoms with Gasteiger partial charge in [0.1, 0.15) is 5.75 Å². The summed E-state index contributed by atoms with van der Waals surface area (Å²) in [7, 11) is 1.45. The standard InChI is InChI=1S/C17H19FN2O3/c1-11(2)19-17(21)20-14-10-15(22-3)16(9-13(14)18)23-12-7-5-4-6-8-12/h4-11H,1-3H3,(H2,19,20,21). The molecule has 2 aromatic rings. The molecule has 0 atom stereocenters. The van der Waals surface area contributed by atoms with Gasteiger partial charge in [-0.3, -0.25) is 0 Å². The highest BCUT2D eigenvalue weighted by atomic mass is 19.1. The van der Waals surface area contributed by atoms with E-state index in [1.54, 1.807) is 12.1 Å². The van der Waals surface area contributed by atoms with Crippen LogP contribution < -0.4 is 20.1 Å². The Kier molecular flexibility index (Phi) is 5.41. The quantitative estimate of drug-likeness (QED) is 0.870. The molecule has 5 nitrogen and oxygen atoms in total. The largest absolute Gasteiger partial charge is 0.493 e. The molecule has 2 N–H and O–H groups in total. The number of nitrogens with one attached hydrogen (secondary N) is 2. The molecule has 0 aliphatic rings. The van der Waals surface area contributed by atoms with Gasteiger partial charge >= 0.3 is 6.03 Å². The first-order chi connectivity index (χ1) is 11.0.